The first-order chi connectivity index (χ1) is 19.1. The van der Waals surface area contributed by atoms with Crippen molar-refractivity contribution in [3.05, 3.63) is 89.2 Å². The van der Waals surface area contributed by atoms with Gasteiger partial charge in [-0.05, 0) is 93.1 Å². The van der Waals surface area contributed by atoms with Gasteiger partial charge in [0.15, 0.2) is 0 Å². The summed E-state index contributed by atoms with van der Waals surface area (Å²) in [6.07, 6.45) is 1.53. The van der Waals surface area contributed by atoms with Crippen molar-refractivity contribution in [2.45, 2.75) is 25.7 Å². The van der Waals surface area contributed by atoms with Crippen molar-refractivity contribution in [3.8, 4) is 0 Å². The zero-order valence-electron chi connectivity index (χ0n) is 22.8. The third-order valence-corrected chi connectivity index (χ3v) is 6.71. The first kappa shape index (κ1) is 28.5. The van der Waals surface area contributed by atoms with Crippen LogP contribution in [0.1, 0.15) is 36.0 Å². The molecule has 1 aliphatic rings. The Balaban J connectivity index is 1.66. The number of rotatable bonds is 11. The smallest absolute Gasteiger partial charge is 0.303 e. The van der Waals surface area contributed by atoms with Crippen LogP contribution in [-0.4, -0.2) is 55.5 Å². The molecule has 1 heterocycles. The molecule has 0 radical (unpaired) electrons. The van der Waals surface area contributed by atoms with Crippen molar-refractivity contribution < 1.29 is 23.9 Å². The van der Waals surface area contributed by atoms with E-state index in [9.17, 15) is 18.8 Å². The van der Waals surface area contributed by atoms with E-state index in [-0.39, 0.29) is 18.2 Å². The number of nitrogens with one attached hydrogen (secondary N) is 2. The van der Waals surface area contributed by atoms with Crippen LogP contribution < -0.4 is 15.5 Å². The molecule has 1 aliphatic heterocycles. The Labute approximate surface area is 233 Å². The van der Waals surface area contributed by atoms with Crippen LogP contribution in [0.3, 0.4) is 0 Å². The number of benzene rings is 3. The summed E-state index contributed by atoms with van der Waals surface area (Å²) in [7, 11) is 5.69. The van der Waals surface area contributed by atoms with Crippen LogP contribution in [0.15, 0.2) is 66.7 Å². The molecule has 0 atom stereocenters. The lowest BCUT2D eigenvalue weighted by Gasteiger charge is -2.20. The average molecular weight is 545 g/mol. The van der Waals surface area contributed by atoms with Crippen molar-refractivity contribution >= 4 is 46.1 Å². The third-order valence-electron chi connectivity index (χ3n) is 6.71. The van der Waals surface area contributed by atoms with Gasteiger partial charge in [-0.1, -0.05) is 18.2 Å². The number of halogens is 1. The number of nitrogens with zero attached hydrogens (tertiary/aromatic N) is 2. The molecule has 3 aromatic rings. The van der Waals surface area contributed by atoms with Gasteiger partial charge in [0.25, 0.3) is 5.91 Å². The lowest BCUT2D eigenvalue weighted by atomic mass is 9.97. The summed E-state index contributed by atoms with van der Waals surface area (Å²) in [6, 6.07) is 18.8. The molecule has 208 valence electrons. The Kier molecular flexibility index (Phi) is 8.96. The molecule has 0 aliphatic carbocycles. The Morgan fingerprint density at radius 2 is 1.73 bits per heavy atom. The summed E-state index contributed by atoms with van der Waals surface area (Å²) in [5, 5.41) is 15.2. The van der Waals surface area contributed by atoms with Crippen molar-refractivity contribution in [2.24, 2.45) is 0 Å². The van der Waals surface area contributed by atoms with E-state index in [1.807, 2.05) is 67.5 Å². The summed E-state index contributed by atoms with van der Waals surface area (Å²) >= 11 is 0. The Bertz CT molecular complexity index is 1450. The van der Waals surface area contributed by atoms with E-state index in [1.54, 1.807) is 18.0 Å². The zero-order valence-corrected chi connectivity index (χ0v) is 22.8. The molecule has 0 saturated heterocycles. The molecule has 0 saturated carbocycles. The van der Waals surface area contributed by atoms with E-state index < -0.39 is 11.8 Å². The predicted molar refractivity (Wildman–Crippen MR) is 156 cm³/mol. The maximum Gasteiger partial charge on any atom is 0.303 e. The Hall–Kier alpha value is -4.50. The number of carboxylic acid groups (broad SMARTS) is 1. The number of fused-ring (bicyclic) bond motifs is 1. The molecule has 0 bridgehead atoms. The lowest BCUT2D eigenvalue weighted by Crippen LogP contribution is -2.27. The molecule has 4 rings (SSSR count). The number of carbonyl (C=O) groups excluding carboxylic acids is 2. The van der Waals surface area contributed by atoms with Gasteiger partial charge < -0.3 is 25.5 Å². The summed E-state index contributed by atoms with van der Waals surface area (Å²) in [5.41, 5.74) is 4.70. The van der Waals surface area contributed by atoms with Crippen LogP contribution in [-0.2, 0) is 20.8 Å². The van der Waals surface area contributed by atoms with Gasteiger partial charge >= 0.3 is 5.97 Å². The quantitative estimate of drug-likeness (QED) is 0.291. The minimum Gasteiger partial charge on any atom is -0.481 e. The molecule has 3 N–H and O–H groups in total. The fourth-order valence-corrected chi connectivity index (χ4v) is 4.58. The van der Waals surface area contributed by atoms with Crippen molar-refractivity contribution in [1.29, 1.82) is 0 Å². The molecule has 0 unspecified atom stereocenters. The highest BCUT2D eigenvalue weighted by molar-refractivity contribution is 6.37. The van der Waals surface area contributed by atoms with Gasteiger partial charge in [0, 0.05) is 36.8 Å². The molecule has 0 aromatic heterocycles. The van der Waals surface area contributed by atoms with Crippen molar-refractivity contribution in [2.75, 3.05) is 43.2 Å². The van der Waals surface area contributed by atoms with Gasteiger partial charge in [0.2, 0.25) is 5.91 Å². The summed E-state index contributed by atoms with van der Waals surface area (Å²) in [6.45, 7) is 0.834. The number of carboxylic acids is 1. The maximum atomic E-state index is 13.9. The van der Waals surface area contributed by atoms with Gasteiger partial charge in [-0.25, -0.2) is 4.39 Å². The van der Waals surface area contributed by atoms with Crippen molar-refractivity contribution in [3.63, 3.8) is 0 Å². The highest BCUT2D eigenvalue weighted by atomic mass is 19.1. The molecule has 8 nitrogen and oxygen atoms in total. The van der Waals surface area contributed by atoms with E-state index in [1.165, 1.54) is 12.1 Å². The fraction of sp³-hybridized carbons (Fsp3) is 0.258. The molecule has 9 heteroatoms. The maximum absolute atomic E-state index is 13.9. The molecule has 3 aromatic carbocycles. The molecule has 0 spiro atoms. The van der Waals surface area contributed by atoms with Crippen LogP contribution in [0.2, 0.25) is 0 Å². The Morgan fingerprint density at radius 3 is 2.42 bits per heavy atom. The number of anilines is 3. The van der Waals surface area contributed by atoms with Gasteiger partial charge in [0.05, 0.1) is 17.0 Å². The van der Waals surface area contributed by atoms with E-state index in [4.69, 9.17) is 5.11 Å². The van der Waals surface area contributed by atoms with Crippen LogP contribution in [0.4, 0.5) is 21.5 Å². The summed E-state index contributed by atoms with van der Waals surface area (Å²) < 4.78 is 13.9. The SMILES string of the molecule is CN(C)CCCC(=O)N(C)c1ccc(NC(=C2C(=O)Nc3cc(F)ccc32)c2cccc(CCC(=O)O)c2)cc1. The molecule has 2 amide bonds. The lowest BCUT2D eigenvalue weighted by molar-refractivity contribution is -0.137. The topological polar surface area (TPSA) is 102 Å². The normalized spacial score (nSPS) is 13.6. The number of aryl methyl sites for hydroxylation is 1. The third kappa shape index (κ3) is 6.92. The van der Waals surface area contributed by atoms with Gasteiger partial charge in [0.1, 0.15) is 5.82 Å². The van der Waals surface area contributed by atoms with Crippen molar-refractivity contribution in [1.82, 2.24) is 4.90 Å². The second-order valence-electron chi connectivity index (χ2n) is 10.0. The van der Waals surface area contributed by atoms with E-state index in [2.05, 4.69) is 10.6 Å². The largest absolute Gasteiger partial charge is 0.481 e. The van der Waals surface area contributed by atoms with E-state index >= 15 is 0 Å². The van der Waals surface area contributed by atoms with Crippen LogP contribution >= 0.6 is 0 Å². The Morgan fingerprint density at radius 1 is 0.975 bits per heavy atom. The number of hydrogen-bond acceptors (Lipinski definition) is 5. The molecule has 0 fully saturated rings. The van der Waals surface area contributed by atoms with E-state index in [0.717, 1.165) is 24.2 Å². The standard InChI is InChI=1S/C31H33FN4O4/c1-35(2)17-5-8-27(37)36(3)24-13-11-23(12-14-24)33-30(21-7-4-6-20(18-21)9-16-28(38)39)29-25-15-10-22(32)19-26(25)34-31(29)40/h4,6-7,10-15,18-19,33H,5,8-9,16-17H2,1-3H3,(H,34,40)(H,38,39). The first-order valence-corrected chi connectivity index (χ1v) is 13.1. The minimum absolute atomic E-state index is 0.0196. The summed E-state index contributed by atoms with van der Waals surface area (Å²) in [5.74, 6) is -1.70. The number of carbonyl (C=O) groups is 3. The zero-order chi connectivity index (χ0) is 28.8. The highest BCUT2D eigenvalue weighted by Crippen LogP contribution is 2.38. The molecular formula is C31H33FN4O4. The van der Waals surface area contributed by atoms with Crippen LogP contribution in [0, 0.1) is 5.82 Å². The first-order valence-electron chi connectivity index (χ1n) is 13.1. The average Bonchev–Trinajstić information content (AvgIpc) is 3.24. The second-order valence-corrected chi connectivity index (χ2v) is 10.0. The summed E-state index contributed by atoms with van der Waals surface area (Å²) in [4.78, 5) is 40.5. The predicted octanol–water partition coefficient (Wildman–Crippen LogP) is 5.08. The minimum atomic E-state index is -0.894. The van der Waals surface area contributed by atoms with Gasteiger partial charge in [-0.3, -0.25) is 14.4 Å². The molecule has 40 heavy (non-hydrogen) atoms. The fourth-order valence-electron chi connectivity index (χ4n) is 4.58. The molecular weight excluding hydrogens is 511 g/mol. The van der Waals surface area contributed by atoms with Gasteiger partial charge in [-0.15, -0.1) is 0 Å². The van der Waals surface area contributed by atoms with Crippen LogP contribution in [0.25, 0.3) is 11.3 Å². The highest BCUT2D eigenvalue weighted by Gasteiger charge is 2.29. The number of amides is 2. The monoisotopic (exact) mass is 544 g/mol. The van der Waals surface area contributed by atoms with E-state index in [0.29, 0.717) is 46.6 Å². The van der Waals surface area contributed by atoms with Gasteiger partial charge in [-0.2, -0.15) is 0 Å². The number of hydrogen-bond donors (Lipinski definition) is 3. The second kappa shape index (κ2) is 12.6. The number of aliphatic carboxylic acids is 1. The van der Waals surface area contributed by atoms with Crippen LogP contribution in [0.5, 0.6) is 0 Å².